The molecule has 1 aromatic rings. The minimum Gasteiger partial charge on any atom is -0.317 e. The molecule has 1 saturated heterocycles. The number of nitrogens with zero attached hydrogens (tertiary/aromatic N) is 1. The Labute approximate surface area is 185 Å². The minimum atomic E-state index is -0.134. The highest BCUT2D eigenvalue weighted by molar-refractivity contribution is 5.96. The molecule has 5 saturated carbocycles. The summed E-state index contributed by atoms with van der Waals surface area (Å²) >= 11 is 0. The van der Waals surface area contributed by atoms with Crippen molar-refractivity contribution in [2.75, 3.05) is 26.2 Å². The first-order valence-electron chi connectivity index (χ1n) is 12.9. The van der Waals surface area contributed by atoms with Crippen molar-refractivity contribution < 1.29 is 9.18 Å². The molecule has 6 fully saturated rings. The summed E-state index contributed by atoms with van der Waals surface area (Å²) in [6.45, 7) is 3.81. The molecular formula is C27H36FN2O+. The summed E-state index contributed by atoms with van der Waals surface area (Å²) < 4.78 is 15.1. The van der Waals surface area contributed by atoms with Crippen molar-refractivity contribution in [1.29, 1.82) is 0 Å². The van der Waals surface area contributed by atoms with Gasteiger partial charge in [-0.3, -0.25) is 0 Å². The van der Waals surface area contributed by atoms with E-state index in [1.807, 2.05) is 6.07 Å². The van der Waals surface area contributed by atoms with Crippen molar-refractivity contribution in [2.24, 2.45) is 29.1 Å². The maximum atomic E-state index is 14.9. The third kappa shape index (κ3) is 2.73. The Morgan fingerprint density at radius 3 is 2.29 bits per heavy atom. The van der Waals surface area contributed by atoms with E-state index in [0.717, 1.165) is 76.0 Å². The van der Waals surface area contributed by atoms with Crippen molar-refractivity contribution in [3.8, 4) is 0 Å². The predicted octanol–water partition coefficient (Wildman–Crippen LogP) is 4.92. The average molecular weight is 424 g/mol. The van der Waals surface area contributed by atoms with Crippen LogP contribution in [0.1, 0.15) is 69.8 Å². The summed E-state index contributed by atoms with van der Waals surface area (Å²) in [5, 5.41) is 3.51. The maximum absolute atomic E-state index is 14.9. The van der Waals surface area contributed by atoms with E-state index in [-0.39, 0.29) is 16.6 Å². The van der Waals surface area contributed by atoms with Gasteiger partial charge in [0.25, 0.3) is 0 Å². The van der Waals surface area contributed by atoms with E-state index in [1.165, 1.54) is 43.4 Å². The van der Waals surface area contributed by atoms with E-state index in [9.17, 15) is 9.18 Å². The van der Waals surface area contributed by atoms with Crippen LogP contribution in [-0.4, -0.2) is 32.1 Å². The Morgan fingerprint density at radius 2 is 1.68 bits per heavy atom. The molecule has 4 heteroatoms. The molecule has 4 bridgehead atoms. The lowest BCUT2D eigenvalue weighted by Crippen LogP contribution is -2.65. The second-order valence-electron chi connectivity index (χ2n) is 12.4. The molecule has 5 aliphatic carbocycles. The van der Waals surface area contributed by atoms with Gasteiger partial charge in [0, 0.05) is 17.5 Å². The highest BCUT2D eigenvalue weighted by Crippen LogP contribution is 2.63. The van der Waals surface area contributed by atoms with E-state index in [4.69, 9.17) is 0 Å². The second kappa shape index (κ2) is 6.41. The van der Waals surface area contributed by atoms with Gasteiger partial charge in [-0.1, -0.05) is 0 Å². The van der Waals surface area contributed by atoms with Crippen molar-refractivity contribution in [3.63, 3.8) is 0 Å². The zero-order valence-electron chi connectivity index (χ0n) is 18.7. The molecule has 8 rings (SSSR count). The smallest absolute Gasteiger partial charge is 0.317 e. The largest absolute Gasteiger partial charge is 0.324 e. The van der Waals surface area contributed by atoms with Gasteiger partial charge in [0.2, 0.25) is 0 Å². The Morgan fingerprint density at radius 1 is 1.03 bits per heavy atom. The molecule has 1 unspecified atom stereocenters. The summed E-state index contributed by atoms with van der Waals surface area (Å²) in [6, 6.07) is 5.45. The molecule has 0 radical (unpaired) electrons. The third-order valence-electron chi connectivity index (χ3n) is 10.3. The molecule has 1 N–H and O–H groups in total. The van der Waals surface area contributed by atoms with Gasteiger partial charge in [0.15, 0.2) is 0 Å². The number of carbonyl (C=O) groups excluding carboxylic acids is 1. The first-order chi connectivity index (χ1) is 15.0. The molecule has 0 aromatic heterocycles. The quantitative estimate of drug-likeness (QED) is 0.699. The standard InChI is InChI=1S/C27H36FN2O/c28-22-3-4-24-23(12-22)26(5-7-29-8-6-26)17-30(24,16-18-1-2-18)25(31)27-13-19-9-20(14-27)11-21(10-19)15-27/h3-4,12,18-21,29H,1-2,5-11,13-17H2/q+1. The van der Waals surface area contributed by atoms with Gasteiger partial charge >= 0.3 is 5.91 Å². The Kier molecular flexibility index (Phi) is 3.98. The first kappa shape index (κ1) is 19.2. The topological polar surface area (TPSA) is 29.1 Å². The van der Waals surface area contributed by atoms with Gasteiger partial charge in [-0.05, 0) is 107 Å². The minimum absolute atomic E-state index is 0.0322. The van der Waals surface area contributed by atoms with Crippen LogP contribution in [0.15, 0.2) is 18.2 Å². The van der Waals surface area contributed by atoms with E-state index < -0.39 is 0 Å². The molecule has 7 aliphatic rings. The molecule has 1 atom stereocenters. The lowest BCUT2D eigenvalue weighted by Gasteiger charge is -2.56. The van der Waals surface area contributed by atoms with Crippen LogP contribution >= 0.6 is 0 Å². The fraction of sp³-hybridized carbons (Fsp3) is 0.741. The fourth-order valence-corrected chi connectivity index (χ4v) is 9.32. The lowest BCUT2D eigenvalue weighted by molar-refractivity contribution is -0.157. The average Bonchev–Trinajstić information content (AvgIpc) is 3.52. The van der Waals surface area contributed by atoms with Crippen molar-refractivity contribution in [2.45, 2.75) is 69.6 Å². The van der Waals surface area contributed by atoms with Crippen LogP contribution in [-0.2, 0) is 10.2 Å². The van der Waals surface area contributed by atoms with E-state index in [2.05, 4.69) is 5.32 Å². The normalized spacial score (nSPS) is 42.2. The molecule has 166 valence electrons. The first-order valence-corrected chi connectivity index (χ1v) is 12.9. The summed E-state index contributed by atoms with van der Waals surface area (Å²) in [7, 11) is 0. The highest BCUT2D eigenvalue weighted by Gasteiger charge is 2.66. The van der Waals surface area contributed by atoms with Crippen LogP contribution in [0.25, 0.3) is 0 Å². The summed E-state index contributed by atoms with van der Waals surface area (Å²) in [6.07, 6.45) is 12.1. The molecule has 2 heterocycles. The number of benzene rings is 1. The van der Waals surface area contributed by atoms with Crippen LogP contribution in [0.5, 0.6) is 0 Å². The number of carbonyl (C=O) groups is 1. The van der Waals surface area contributed by atoms with E-state index in [1.54, 1.807) is 12.1 Å². The van der Waals surface area contributed by atoms with Gasteiger partial charge in [-0.25, -0.2) is 13.7 Å². The number of rotatable bonds is 3. The zero-order chi connectivity index (χ0) is 20.8. The van der Waals surface area contributed by atoms with Crippen LogP contribution < -0.4 is 9.80 Å². The predicted molar refractivity (Wildman–Crippen MR) is 120 cm³/mol. The van der Waals surface area contributed by atoms with Crippen molar-refractivity contribution in [1.82, 2.24) is 9.80 Å². The number of nitrogens with one attached hydrogen (secondary N) is 1. The Hall–Kier alpha value is -1.26. The van der Waals surface area contributed by atoms with Gasteiger partial charge in [0.05, 0.1) is 17.4 Å². The zero-order valence-corrected chi connectivity index (χ0v) is 18.7. The maximum Gasteiger partial charge on any atom is 0.324 e. The molecule has 2 aliphatic heterocycles. The van der Waals surface area contributed by atoms with Crippen LogP contribution in [0.4, 0.5) is 10.1 Å². The number of quaternary nitrogens is 1. The Balaban J connectivity index is 1.37. The summed E-state index contributed by atoms with van der Waals surface area (Å²) in [5.41, 5.74) is 2.21. The molecule has 31 heavy (non-hydrogen) atoms. The van der Waals surface area contributed by atoms with Crippen LogP contribution in [0, 0.1) is 34.9 Å². The van der Waals surface area contributed by atoms with Gasteiger partial charge in [-0.2, -0.15) is 0 Å². The number of fused-ring (bicyclic) bond motifs is 2. The van der Waals surface area contributed by atoms with Crippen molar-refractivity contribution >= 4 is 11.6 Å². The van der Waals surface area contributed by atoms with Gasteiger partial charge in [-0.15, -0.1) is 0 Å². The summed E-state index contributed by atoms with van der Waals surface area (Å²) in [5.74, 6) is 3.41. The van der Waals surface area contributed by atoms with Crippen LogP contribution in [0.3, 0.4) is 0 Å². The van der Waals surface area contributed by atoms with Gasteiger partial charge in [0.1, 0.15) is 18.0 Å². The second-order valence-corrected chi connectivity index (χ2v) is 12.4. The third-order valence-corrected chi connectivity index (χ3v) is 10.3. The number of piperidine rings is 1. The monoisotopic (exact) mass is 423 g/mol. The molecule has 1 aromatic carbocycles. The lowest BCUT2D eigenvalue weighted by atomic mass is 9.49. The number of hydrogen-bond acceptors (Lipinski definition) is 2. The number of halogens is 1. The van der Waals surface area contributed by atoms with Gasteiger partial charge < -0.3 is 5.32 Å². The van der Waals surface area contributed by atoms with E-state index in [0.29, 0.717) is 16.3 Å². The molecule has 1 amide bonds. The molecule has 3 nitrogen and oxygen atoms in total. The number of amides is 1. The molecular weight excluding hydrogens is 387 g/mol. The molecule has 1 spiro atoms. The van der Waals surface area contributed by atoms with E-state index >= 15 is 0 Å². The summed E-state index contributed by atoms with van der Waals surface area (Å²) in [4.78, 5) is 14.9. The van der Waals surface area contributed by atoms with Crippen LogP contribution in [0.2, 0.25) is 0 Å². The SMILES string of the molecule is O=C(C12CC3CC(CC(C3)C1)C2)[N+]1(CC2CC2)CC2(CCNCC2)c2cc(F)ccc21. The van der Waals surface area contributed by atoms with Crippen molar-refractivity contribution in [3.05, 3.63) is 29.6 Å². The number of hydrogen-bond donors (Lipinski definition) is 1. The Bertz CT molecular complexity index is 896. The fourth-order valence-electron chi connectivity index (χ4n) is 9.32. The highest BCUT2D eigenvalue weighted by atomic mass is 19.1.